The zero-order valence-electron chi connectivity index (χ0n) is 9.90. The van der Waals surface area contributed by atoms with Crippen LogP contribution in [0.5, 0.6) is 0 Å². The first-order chi connectivity index (χ1) is 8.16. The van der Waals surface area contributed by atoms with Gasteiger partial charge in [-0.1, -0.05) is 35.4 Å². The van der Waals surface area contributed by atoms with E-state index >= 15 is 0 Å². The SMILES string of the molecule is Cc1ccc(C)c(SCc2cccnc2Cl)c1. The molecule has 1 nitrogen and oxygen atoms in total. The largest absolute Gasteiger partial charge is 0.244 e. The Balaban J connectivity index is 2.12. The Bertz CT molecular complexity index is 525. The van der Waals surface area contributed by atoms with E-state index in [-0.39, 0.29) is 0 Å². The molecule has 0 aliphatic heterocycles. The van der Waals surface area contributed by atoms with Crippen molar-refractivity contribution in [3.8, 4) is 0 Å². The van der Waals surface area contributed by atoms with E-state index in [1.54, 1.807) is 18.0 Å². The van der Waals surface area contributed by atoms with Gasteiger partial charge in [-0.25, -0.2) is 4.98 Å². The molecule has 17 heavy (non-hydrogen) atoms. The van der Waals surface area contributed by atoms with Gasteiger partial charge in [0, 0.05) is 16.8 Å². The number of pyridine rings is 1. The van der Waals surface area contributed by atoms with E-state index in [1.807, 2.05) is 12.1 Å². The van der Waals surface area contributed by atoms with Crippen molar-refractivity contribution in [2.24, 2.45) is 0 Å². The fourth-order valence-corrected chi connectivity index (χ4v) is 2.92. The second kappa shape index (κ2) is 5.56. The van der Waals surface area contributed by atoms with Gasteiger partial charge in [-0.05, 0) is 37.1 Å². The topological polar surface area (TPSA) is 12.9 Å². The van der Waals surface area contributed by atoms with E-state index in [1.165, 1.54) is 16.0 Å². The molecular weight excluding hydrogens is 250 g/mol. The monoisotopic (exact) mass is 263 g/mol. The zero-order valence-corrected chi connectivity index (χ0v) is 11.5. The first-order valence-corrected chi connectivity index (χ1v) is 6.82. The van der Waals surface area contributed by atoms with Crippen LogP contribution >= 0.6 is 23.4 Å². The highest BCUT2D eigenvalue weighted by molar-refractivity contribution is 7.98. The van der Waals surface area contributed by atoms with Crippen molar-refractivity contribution in [3.63, 3.8) is 0 Å². The molecule has 0 saturated heterocycles. The van der Waals surface area contributed by atoms with Crippen LogP contribution in [0.15, 0.2) is 41.4 Å². The van der Waals surface area contributed by atoms with E-state index in [0.29, 0.717) is 5.15 Å². The number of hydrogen-bond acceptors (Lipinski definition) is 2. The summed E-state index contributed by atoms with van der Waals surface area (Å²) in [4.78, 5) is 5.39. The number of benzene rings is 1. The number of halogens is 1. The van der Waals surface area contributed by atoms with Crippen molar-refractivity contribution < 1.29 is 0 Å². The van der Waals surface area contributed by atoms with Crippen LogP contribution in [0.2, 0.25) is 5.15 Å². The molecule has 0 aliphatic rings. The standard InChI is InChI=1S/C14H14ClNS/c1-10-5-6-11(2)13(8-10)17-9-12-4-3-7-16-14(12)15/h3-8H,9H2,1-2H3. The molecule has 0 saturated carbocycles. The molecule has 1 aromatic heterocycles. The molecule has 1 aromatic carbocycles. The zero-order chi connectivity index (χ0) is 12.3. The minimum absolute atomic E-state index is 0.602. The lowest BCUT2D eigenvalue weighted by Gasteiger charge is -2.07. The maximum atomic E-state index is 6.04. The van der Waals surface area contributed by atoms with Gasteiger partial charge in [-0.15, -0.1) is 11.8 Å². The van der Waals surface area contributed by atoms with Gasteiger partial charge in [0.1, 0.15) is 5.15 Å². The summed E-state index contributed by atoms with van der Waals surface area (Å²) in [7, 11) is 0. The summed E-state index contributed by atoms with van der Waals surface area (Å²) in [6.45, 7) is 4.24. The van der Waals surface area contributed by atoms with Crippen LogP contribution in [0, 0.1) is 13.8 Å². The summed E-state index contributed by atoms with van der Waals surface area (Å²) in [5, 5.41) is 0.602. The summed E-state index contributed by atoms with van der Waals surface area (Å²) in [5.74, 6) is 0.858. The van der Waals surface area contributed by atoms with Crippen molar-refractivity contribution in [1.29, 1.82) is 0 Å². The maximum Gasteiger partial charge on any atom is 0.133 e. The lowest BCUT2D eigenvalue weighted by atomic mass is 10.2. The molecule has 0 unspecified atom stereocenters. The Hall–Kier alpha value is -0.990. The molecule has 1 heterocycles. The predicted octanol–water partition coefficient (Wildman–Crippen LogP) is 4.64. The summed E-state index contributed by atoms with van der Waals surface area (Å²) in [5.41, 5.74) is 3.68. The van der Waals surface area contributed by atoms with Crippen LogP contribution in [-0.2, 0) is 5.75 Å². The Morgan fingerprint density at radius 2 is 2.06 bits per heavy atom. The van der Waals surface area contributed by atoms with Gasteiger partial charge < -0.3 is 0 Å². The second-order valence-electron chi connectivity index (χ2n) is 4.01. The lowest BCUT2D eigenvalue weighted by Crippen LogP contribution is -1.87. The smallest absolute Gasteiger partial charge is 0.133 e. The van der Waals surface area contributed by atoms with Gasteiger partial charge >= 0.3 is 0 Å². The van der Waals surface area contributed by atoms with Crippen molar-refractivity contribution in [2.75, 3.05) is 0 Å². The third-order valence-electron chi connectivity index (χ3n) is 2.56. The first-order valence-electron chi connectivity index (χ1n) is 5.46. The molecule has 0 bridgehead atoms. The highest BCUT2D eigenvalue weighted by Crippen LogP contribution is 2.28. The number of rotatable bonds is 3. The molecule has 0 spiro atoms. The van der Waals surface area contributed by atoms with Crippen LogP contribution < -0.4 is 0 Å². The van der Waals surface area contributed by atoms with E-state index in [9.17, 15) is 0 Å². The van der Waals surface area contributed by atoms with Crippen molar-refractivity contribution in [1.82, 2.24) is 4.98 Å². The van der Waals surface area contributed by atoms with Crippen LogP contribution in [0.25, 0.3) is 0 Å². The minimum atomic E-state index is 0.602. The molecule has 3 heteroatoms. The maximum absolute atomic E-state index is 6.04. The Morgan fingerprint density at radius 3 is 2.82 bits per heavy atom. The summed E-state index contributed by atoms with van der Waals surface area (Å²) in [6.07, 6.45) is 1.72. The molecule has 2 aromatic rings. The van der Waals surface area contributed by atoms with Gasteiger partial charge in [0.25, 0.3) is 0 Å². The molecule has 0 atom stereocenters. The van der Waals surface area contributed by atoms with Crippen molar-refractivity contribution in [2.45, 2.75) is 24.5 Å². The van der Waals surface area contributed by atoms with Crippen LogP contribution in [0.1, 0.15) is 16.7 Å². The Labute approximate surface area is 111 Å². The minimum Gasteiger partial charge on any atom is -0.244 e. The second-order valence-corrected chi connectivity index (χ2v) is 5.39. The number of nitrogens with zero attached hydrogens (tertiary/aromatic N) is 1. The molecule has 0 radical (unpaired) electrons. The molecule has 2 rings (SSSR count). The fraction of sp³-hybridized carbons (Fsp3) is 0.214. The first kappa shape index (κ1) is 12.5. The van der Waals surface area contributed by atoms with Crippen LogP contribution in [-0.4, -0.2) is 4.98 Å². The summed E-state index contributed by atoms with van der Waals surface area (Å²) < 4.78 is 0. The molecule has 0 fully saturated rings. The van der Waals surface area contributed by atoms with E-state index in [4.69, 9.17) is 11.6 Å². The van der Waals surface area contributed by atoms with Gasteiger partial charge in [-0.3, -0.25) is 0 Å². The summed E-state index contributed by atoms with van der Waals surface area (Å²) in [6, 6.07) is 10.4. The molecule has 0 amide bonds. The van der Waals surface area contributed by atoms with Gasteiger partial charge in [0.15, 0.2) is 0 Å². The third kappa shape index (κ3) is 3.24. The van der Waals surface area contributed by atoms with Gasteiger partial charge in [0.05, 0.1) is 0 Å². The molecule has 88 valence electrons. The van der Waals surface area contributed by atoms with Crippen LogP contribution in [0.4, 0.5) is 0 Å². The average Bonchev–Trinajstić information content (AvgIpc) is 2.32. The molecular formula is C14H14ClNS. The molecule has 0 aliphatic carbocycles. The number of aryl methyl sites for hydroxylation is 2. The van der Waals surface area contributed by atoms with Gasteiger partial charge in [0.2, 0.25) is 0 Å². The van der Waals surface area contributed by atoms with E-state index in [0.717, 1.165) is 11.3 Å². The summed E-state index contributed by atoms with van der Waals surface area (Å²) >= 11 is 7.84. The molecule has 0 N–H and O–H groups in total. The Kier molecular flexibility index (Phi) is 4.08. The third-order valence-corrected chi connectivity index (χ3v) is 4.11. The quantitative estimate of drug-likeness (QED) is 0.591. The van der Waals surface area contributed by atoms with Crippen molar-refractivity contribution >= 4 is 23.4 Å². The number of thioether (sulfide) groups is 1. The average molecular weight is 264 g/mol. The normalized spacial score (nSPS) is 10.5. The highest BCUT2D eigenvalue weighted by Gasteiger charge is 2.03. The van der Waals surface area contributed by atoms with Crippen LogP contribution in [0.3, 0.4) is 0 Å². The highest BCUT2D eigenvalue weighted by atomic mass is 35.5. The number of hydrogen-bond donors (Lipinski definition) is 0. The van der Waals surface area contributed by atoms with E-state index < -0.39 is 0 Å². The fourth-order valence-electron chi connectivity index (χ4n) is 1.55. The van der Waals surface area contributed by atoms with Gasteiger partial charge in [-0.2, -0.15) is 0 Å². The lowest BCUT2D eigenvalue weighted by molar-refractivity contribution is 1.23. The number of aromatic nitrogens is 1. The Morgan fingerprint density at radius 1 is 1.24 bits per heavy atom. The van der Waals surface area contributed by atoms with Crippen molar-refractivity contribution in [3.05, 3.63) is 58.4 Å². The predicted molar refractivity (Wildman–Crippen MR) is 74.7 cm³/mol. The van der Waals surface area contributed by atoms with E-state index in [2.05, 4.69) is 37.0 Å².